The van der Waals surface area contributed by atoms with Gasteiger partial charge in [-0.05, 0) is 116 Å². The van der Waals surface area contributed by atoms with Crippen LogP contribution in [-0.4, -0.2) is 37.2 Å². The Morgan fingerprint density at radius 1 is 0.299 bits per heavy atom. The number of unbranched alkanes of at least 4 members (excludes halogenated alkanes) is 28. The second-order valence-corrected chi connectivity index (χ2v) is 18.8. The highest BCUT2D eigenvalue weighted by Gasteiger charge is 2.19. The molecule has 0 saturated carbocycles. The zero-order valence-corrected chi connectivity index (χ0v) is 44.2. The van der Waals surface area contributed by atoms with Crippen molar-refractivity contribution in [1.29, 1.82) is 0 Å². The summed E-state index contributed by atoms with van der Waals surface area (Å²) in [6.45, 7) is 6.57. The van der Waals surface area contributed by atoms with Crippen molar-refractivity contribution >= 4 is 17.9 Å². The van der Waals surface area contributed by atoms with Crippen molar-refractivity contribution in [3.8, 4) is 0 Å². The van der Waals surface area contributed by atoms with Gasteiger partial charge in [0.2, 0.25) is 0 Å². The van der Waals surface area contributed by atoms with Crippen LogP contribution in [0.15, 0.2) is 72.9 Å². The average molecular weight is 936 g/mol. The maximum absolute atomic E-state index is 12.8. The van der Waals surface area contributed by atoms with Crippen LogP contribution in [0.4, 0.5) is 0 Å². The summed E-state index contributed by atoms with van der Waals surface area (Å²) in [5.74, 6) is -0.929. The number of ether oxygens (including phenoxy) is 3. The molecule has 0 aromatic carbocycles. The van der Waals surface area contributed by atoms with E-state index in [0.717, 1.165) is 89.9 Å². The predicted molar refractivity (Wildman–Crippen MR) is 288 cm³/mol. The maximum Gasteiger partial charge on any atom is 0.306 e. The predicted octanol–water partition coefficient (Wildman–Crippen LogP) is 19.0. The topological polar surface area (TPSA) is 78.9 Å². The van der Waals surface area contributed by atoms with Crippen LogP contribution in [0.1, 0.15) is 278 Å². The lowest BCUT2D eigenvalue weighted by molar-refractivity contribution is -0.167. The Bertz CT molecular complexity index is 1260. The van der Waals surface area contributed by atoms with E-state index in [1.54, 1.807) is 0 Å². The van der Waals surface area contributed by atoms with Crippen LogP contribution in [0, 0.1) is 0 Å². The number of esters is 3. The molecule has 0 aromatic rings. The van der Waals surface area contributed by atoms with Crippen molar-refractivity contribution in [2.24, 2.45) is 0 Å². The van der Waals surface area contributed by atoms with Gasteiger partial charge in [0.25, 0.3) is 0 Å². The SMILES string of the molecule is CCCCC/C=C\C/C=C\C/C=C\C/C=C\CCCCCC(=O)OC[C@H](COC(=O)CCCCCCC/C=C\CCCCCC)OC(=O)CCCCCCCCC/C=C\CCCCCCCC. The zero-order valence-electron chi connectivity index (χ0n) is 44.2. The molecule has 67 heavy (non-hydrogen) atoms. The monoisotopic (exact) mass is 935 g/mol. The Labute approximate surface area is 414 Å². The van der Waals surface area contributed by atoms with Crippen molar-refractivity contribution < 1.29 is 28.6 Å². The highest BCUT2D eigenvalue weighted by Crippen LogP contribution is 2.14. The van der Waals surface area contributed by atoms with Crippen LogP contribution in [-0.2, 0) is 28.6 Å². The molecule has 0 N–H and O–H groups in total. The minimum atomic E-state index is -0.794. The second kappa shape index (κ2) is 55.4. The quantitative estimate of drug-likeness (QED) is 0.0262. The Balaban J connectivity index is 4.44. The largest absolute Gasteiger partial charge is 0.462 e. The van der Waals surface area contributed by atoms with E-state index in [4.69, 9.17) is 14.2 Å². The van der Waals surface area contributed by atoms with Crippen LogP contribution in [0.2, 0.25) is 0 Å². The first kappa shape index (κ1) is 63.8. The molecule has 1 atom stereocenters. The molecule has 6 heteroatoms. The van der Waals surface area contributed by atoms with Crippen LogP contribution in [0.5, 0.6) is 0 Å². The van der Waals surface area contributed by atoms with Crippen molar-refractivity contribution in [2.75, 3.05) is 13.2 Å². The van der Waals surface area contributed by atoms with Gasteiger partial charge < -0.3 is 14.2 Å². The summed E-state index contributed by atoms with van der Waals surface area (Å²) in [5, 5.41) is 0. The molecule has 0 aliphatic carbocycles. The van der Waals surface area contributed by atoms with Crippen molar-refractivity contribution in [2.45, 2.75) is 284 Å². The summed E-state index contributed by atoms with van der Waals surface area (Å²) in [6, 6.07) is 0. The average Bonchev–Trinajstić information content (AvgIpc) is 3.33. The molecule has 0 spiro atoms. The van der Waals surface area contributed by atoms with E-state index >= 15 is 0 Å². The maximum atomic E-state index is 12.8. The molecule has 0 aliphatic rings. The van der Waals surface area contributed by atoms with Crippen LogP contribution in [0.25, 0.3) is 0 Å². The van der Waals surface area contributed by atoms with E-state index in [1.165, 1.54) is 148 Å². The van der Waals surface area contributed by atoms with E-state index in [9.17, 15) is 14.4 Å². The fourth-order valence-electron chi connectivity index (χ4n) is 7.83. The van der Waals surface area contributed by atoms with Gasteiger partial charge in [-0.3, -0.25) is 14.4 Å². The fourth-order valence-corrected chi connectivity index (χ4v) is 7.83. The third-order valence-corrected chi connectivity index (χ3v) is 12.2. The third-order valence-electron chi connectivity index (χ3n) is 12.2. The minimum absolute atomic E-state index is 0.0913. The standard InChI is InChI=1S/C61H106O6/c1-4-7-10-13-16-19-22-25-27-29-30-32-33-36-39-42-45-48-51-54-60(63)66-57-58(56-65-59(62)53-50-47-44-41-38-35-24-21-18-15-12-9-6-3)67-61(64)55-52-49-46-43-40-37-34-31-28-26-23-20-17-14-11-8-5-2/h16,19,21,24-28,30,32,36,39,58H,4-15,17-18,20,22-23,29,31,33-35,37-38,40-57H2,1-3H3/b19-16-,24-21-,27-25-,28-26-,32-30-,39-36-/t58-/m0/s1. The zero-order chi connectivity index (χ0) is 48.6. The molecule has 0 amide bonds. The van der Waals surface area contributed by atoms with Crippen molar-refractivity contribution in [3.05, 3.63) is 72.9 Å². The summed E-state index contributed by atoms with van der Waals surface area (Å²) in [4.78, 5) is 38.1. The smallest absolute Gasteiger partial charge is 0.306 e. The molecule has 0 aliphatic heterocycles. The minimum Gasteiger partial charge on any atom is -0.462 e. The molecule has 0 bridgehead atoms. The Hall–Kier alpha value is -3.15. The fraction of sp³-hybridized carbons (Fsp3) is 0.754. The first-order valence-corrected chi connectivity index (χ1v) is 28.4. The van der Waals surface area contributed by atoms with Gasteiger partial charge in [0.1, 0.15) is 13.2 Å². The van der Waals surface area contributed by atoms with E-state index in [0.29, 0.717) is 19.3 Å². The lowest BCUT2D eigenvalue weighted by Gasteiger charge is -2.18. The third kappa shape index (κ3) is 53.7. The lowest BCUT2D eigenvalue weighted by Crippen LogP contribution is -2.30. The summed E-state index contributed by atoms with van der Waals surface area (Å²) in [6.07, 6.45) is 70.3. The van der Waals surface area contributed by atoms with Gasteiger partial charge in [-0.25, -0.2) is 0 Å². The normalized spacial score (nSPS) is 12.6. The molecule has 0 unspecified atom stereocenters. The summed E-state index contributed by atoms with van der Waals surface area (Å²) >= 11 is 0. The van der Waals surface area contributed by atoms with Gasteiger partial charge >= 0.3 is 17.9 Å². The molecular formula is C61H106O6. The van der Waals surface area contributed by atoms with Crippen molar-refractivity contribution in [1.82, 2.24) is 0 Å². The number of hydrogen-bond donors (Lipinski definition) is 0. The molecule has 0 radical (unpaired) electrons. The van der Waals surface area contributed by atoms with Gasteiger partial charge in [0.15, 0.2) is 6.10 Å². The first-order valence-electron chi connectivity index (χ1n) is 28.4. The molecule has 0 aromatic heterocycles. The lowest BCUT2D eigenvalue weighted by atomic mass is 10.1. The molecule has 6 nitrogen and oxygen atoms in total. The first-order chi connectivity index (χ1) is 33.0. The van der Waals surface area contributed by atoms with Crippen molar-refractivity contribution in [3.63, 3.8) is 0 Å². The number of allylic oxidation sites excluding steroid dienone is 12. The van der Waals surface area contributed by atoms with Gasteiger partial charge in [0, 0.05) is 19.3 Å². The number of hydrogen-bond acceptors (Lipinski definition) is 6. The summed E-state index contributed by atoms with van der Waals surface area (Å²) < 4.78 is 16.8. The number of carbonyl (C=O) groups excluding carboxylic acids is 3. The molecule has 0 saturated heterocycles. The summed E-state index contributed by atoms with van der Waals surface area (Å²) in [5.41, 5.74) is 0. The van der Waals surface area contributed by atoms with E-state index in [1.807, 2.05) is 0 Å². The second-order valence-electron chi connectivity index (χ2n) is 18.8. The highest BCUT2D eigenvalue weighted by molar-refractivity contribution is 5.71. The van der Waals surface area contributed by atoms with Crippen LogP contribution < -0.4 is 0 Å². The Morgan fingerprint density at radius 2 is 0.537 bits per heavy atom. The van der Waals surface area contributed by atoms with Crippen LogP contribution >= 0.6 is 0 Å². The molecule has 0 fully saturated rings. The molecule has 0 heterocycles. The van der Waals surface area contributed by atoms with E-state index in [2.05, 4.69) is 93.7 Å². The van der Waals surface area contributed by atoms with Gasteiger partial charge in [-0.15, -0.1) is 0 Å². The van der Waals surface area contributed by atoms with E-state index in [-0.39, 0.29) is 31.1 Å². The van der Waals surface area contributed by atoms with E-state index < -0.39 is 6.10 Å². The van der Waals surface area contributed by atoms with Crippen LogP contribution in [0.3, 0.4) is 0 Å². The molecular weight excluding hydrogens is 829 g/mol. The number of rotatable bonds is 51. The summed E-state index contributed by atoms with van der Waals surface area (Å²) in [7, 11) is 0. The molecule has 0 rings (SSSR count). The van der Waals surface area contributed by atoms with Gasteiger partial charge in [-0.1, -0.05) is 216 Å². The Kier molecular flexibility index (Phi) is 52.8. The number of carbonyl (C=O) groups is 3. The van der Waals surface area contributed by atoms with Gasteiger partial charge in [-0.2, -0.15) is 0 Å². The molecule has 386 valence electrons. The highest BCUT2D eigenvalue weighted by atomic mass is 16.6. The van der Waals surface area contributed by atoms with Gasteiger partial charge in [0.05, 0.1) is 0 Å². The Morgan fingerprint density at radius 3 is 0.910 bits per heavy atom.